The van der Waals surface area contributed by atoms with E-state index in [0.717, 1.165) is 31.6 Å². The first kappa shape index (κ1) is 15.8. The summed E-state index contributed by atoms with van der Waals surface area (Å²) >= 11 is 0. The molecule has 1 aliphatic rings. The molecule has 0 bridgehead atoms. The van der Waals surface area contributed by atoms with Gasteiger partial charge in [0.1, 0.15) is 12.2 Å². The van der Waals surface area contributed by atoms with Crippen molar-refractivity contribution in [2.75, 3.05) is 6.54 Å². The van der Waals surface area contributed by atoms with Gasteiger partial charge in [0.05, 0.1) is 6.54 Å². The molecule has 2 heterocycles. The molecule has 1 saturated heterocycles. The number of nitrogens with zero attached hydrogens (tertiary/aromatic N) is 4. The Morgan fingerprint density at radius 3 is 2.95 bits per heavy atom. The van der Waals surface area contributed by atoms with Crippen LogP contribution in [0.5, 0.6) is 0 Å². The monoisotopic (exact) mass is 293 g/mol. The summed E-state index contributed by atoms with van der Waals surface area (Å²) in [5.74, 6) is 1.47. The molecule has 0 radical (unpaired) electrons. The number of hydrogen-bond acceptors (Lipinski definition) is 3. The minimum Gasteiger partial charge on any atom is -0.331 e. The van der Waals surface area contributed by atoms with Gasteiger partial charge in [-0.2, -0.15) is 5.10 Å². The summed E-state index contributed by atoms with van der Waals surface area (Å²) in [6.07, 6.45) is 7.26. The van der Waals surface area contributed by atoms with Crippen LogP contribution in [0.1, 0.15) is 51.8 Å². The van der Waals surface area contributed by atoms with Crippen LogP contribution in [0.15, 0.2) is 6.33 Å². The lowest BCUT2D eigenvalue weighted by molar-refractivity contribution is 0.142. The van der Waals surface area contributed by atoms with Crippen LogP contribution in [-0.2, 0) is 13.6 Å². The molecule has 6 nitrogen and oxygen atoms in total. The summed E-state index contributed by atoms with van der Waals surface area (Å²) in [6, 6.07) is 0.423. The Labute approximate surface area is 126 Å². The summed E-state index contributed by atoms with van der Waals surface area (Å²) in [4.78, 5) is 18.6. The third-order valence-corrected chi connectivity index (χ3v) is 4.17. The van der Waals surface area contributed by atoms with Crippen LogP contribution >= 0.6 is 0 Å². The van der Waals surface area contributed by atoms with Gasteiger partial charge >= 0.3 is 6.03 Å². The fourth-order valence-corrected chi connectivity index (χ4v) is 2.83. The number of aryl methyl sites for hydroxylation is 1. The van der Waals surface area contributed by atoms with Gasteiger partial charge in [0.2, 0.25) is 0 Å². The first-order chi connectivity index (χ1) is 10.1. The summed E-state index contributed by atoms with van der Waals surface area (Å²) < 4.78 is 1.69. The zero-order valence-corrected chi connectivity index (χ0v) is 13.4. The number of aromatic nitrogens is 3. The van der Waals surface area contributed by atoms with Crippen LogP contribution in [0.25, 0.3) is 0 Å². The van der Waals surface area contributed by atoms with Gasteiger partial charge in [0, 0.05) is 19.6 Å². The quantitative estimate of drug-likeness (QED) is 0.906. The summed E-state index contributed by atoms with van der Waals surface area (Å²) in [6.45, 7) is 5.78. The van der Waals surface area contributed by atoms with Crippen molar-refractivity contribution in [3.63, 3.8) is 0 Å². The average Bonchev–Trinajstić information content (AvgIpc) is 2.88. The standard InChI is InChI=1S/C15H27N5O/c1-12(2)7-8-13-6-4-5-9-20(13)15(21)16-10-14-17-11-18-19(14)3/h11-13H,4-10H2,1-3H3,(H,16,21)/t13-/m0/s1. The highest BCUT2D eigenvalue weighted by Gasteiger charge is 2.26. The third-order valence-electron chi connectivity index (χ3n) is 4.17. The van der Waals surface area contributed by atoms with E-state index < -0.39 is 0 Å². The molecule has 0 saturated carbocycles. The highest BCUT2D eigenvalue weighted by Crippen LogP contribution is 2.22. The van der Waals surface area contributed by atoms with Gasteiger partial charge in [-0.3, -0.25) is 4.68 Å². The van der Waals surface area contributed by atoms with E-state index in [9.17, 15) is 4.79 Å². The van der Waals surface area contributed by atoms with Gasteiger partial charge in [0.15, 0.2) is 0 Å². The minimum absolute atomic E-state index is 0.0338. The largest absolute Gasteiger partial charge is 0.331 e. The highest BCUT2D eigenvalue weighted by molar-refractivity contribution is 5.74. The van der Waals surface area contributed by atoms with Gasteiger partial charge in [-0.15, -0.1) is 0 Å². The van der Waals surface area contributed by atoms with E-state index in [1.807, 2.05) is 11.9 Å². The van der Waals surface area contributed by atoms with Crippen LogP contribution in [-0.4, -0.2) is 38.3 Å². The van der Waals surface area contributed by atoms with Gasteiger partial charge in [-0.1, -0.05) is 13.8 Å². The van der Waals surface area contributed by atoms with E-state index in [1.54, 1.807) is 4.68 Å². The third kappa shape index (κ3) is 4.44. The molecule has 2 rings (SSSR count). The fourth-order valence-electron chi connectivity index (χ4n) is 2.83. The Balaban J connectivity index is 1.87. The van der Waals surface area contributed by atoms with E-state index >= 15 is 0 Å². The van der Waals surface area contributed by atoms with E-state index in [-0.39, 0.29) is 6.03 Å². The molecular weight excluding hydrogens is 266 g/mol. The summed E-state index contributed by atoms with van der Waals surface area (Å²) in [5, 5.41) is 6.99. The second-order valence-electron chi connectivity index (χ2n) is 6.27. The summed E-state index contributed by atoms with van der Waals surface area (Å²) in [7, 11) is 1.83. The maximum Gasteiger partial charge on any atom is 0.318 e. The van der Waals surface area contributed by atoms with Crippen LogP contribution in [0, 0.1) is 5.92 Å². The molecule has 118 valence electrons. The second-order valence-corrected chi connectivity index (χ2v) is 6.27. The molecule has 1 atom stereocenters. The smallest absolute Gasteiger partial charge is 0.318 e. The van der Waals surface area contributed by atoms with Crippen molar-refractivity contribution in [3.05, 3.63) is 12.2 Å². The molecular formula is C15H27N5O. The molecule has 1 aromatic rings. The molecule has 0 spiro atoms. The zero-order valence-electron chi connectivity index (χ0n) is 13.4. The van der Waals surface area contributed by atoms with Crippen molar-refractivity contribution in [2.45, 2.75) is 58.5 Å². The number of carbonyl (C=O) groups is 1. The number of carbonyl (C=O) groups excluding carboxylic acids is 1. The Morgan fingerprint density at radius 1 is 1.48 bits per heavy atom. The molecule has 0 unspecified atom stereocenters. The lowest BCUT2D eigenvalue weighted by Crippen LogP contribution is -2.48. The van der Waals surface area contributed by atoms with E-state index in [2.05, 4.69) is 29.2 Å². The molecule has 2 amide bonds. The molecule has 1 aromatic heterocycles. The second kappa shape index (κ2) is 7.43. The van der Waals surface area contributed by atoms with Crippen molar-refractivity contribution >= 4 is 6.03 Å². The Bertz CT molecular complexity index is 457. The Kier molecular flexibility index (Phi) is 5.59. The van der Waals surface area contributed by atoms with Crippen LogP contribution in [0.2, 0.25) is 0 Å². The SMILES string of the molecule is CC(C)CC[C@@H]1CCCCN1C(=O)NCc1ncnn1C. The van der Waals surface area contributed by atoms with E-state index in [0.29, 0.717) is 18.5 Å². The van der Waals surface area contributed by atoms with Gasteiger partial charge in [-0.25, -0.2) is 9.78 Å². The molecule has 0 aromatic carbocycles. The number of nitrogens with one attached hydrogen (secondary N) is 1. The van der Waals surface area contributed by atoms with Gasteiger partial charge < -0.3 is 10.2 Å². The van der Waals surface area contributed by atoms with Crippen LogP contribution in [0.3, 0.4) is 0 Å². The zero-order chi connectivity index (χ0) is 15.2. The molecule has 0 aliphatic carbocycles. The number of likely N-dealkylation sites (tertiary alicyclic amines) is 1. The molecule has 21 heavy (non-hydrogen) atoms. The van der Waals surface area contributed by atoms with E-state index in [1.165, 1.54) is 19.2 Å². The van der Waals surface area contributed by atoms with Gasteiger partial charge in [-0.05, 0) is 38.0 Å². The average molecular weight is 293 g/mol. The predicted molar refractivity (Wildman–Crippen MR) is 81.7 cm³/mol. The first-order valence-corrected chi connectivity index (χ1v) is 7.95. The van der Waals surface area contributed by atoms with Crippen LogP contribution < -0.4 is 5.32 Å². The molecule has 6 heteroatoms. The van der Waals surface area contributed by atoms with Crippen molar-refractivity contribution in [1.82, 2.24) is 25.0 Å². The Morgan fingerprint density at radius 2 is 2.29 bits per heavy atom. The maximum absolute atomic E-state index is 12.4. The number of urea groups is 1. The van der Waals surface area contributed by atoms with Crippen molar-refractivity contribution in [2.24, 2.45) is 13.0 Å². The summed E-state index contributed by atoms with van der Waals surface area (Å²) in [5.41, 5.74) is 0. The molecule has 1 aliphatic heterocycles. The first-order valence-electron chi connectivity index (χ1n) is 7.95. The topological polar surface area (TPSA) is 63.1 Å². The number of amides is 2. The fraction of sp³-hybridized carbons (Fsp3) is 0.800. The van der Waals surface area contributed by atoms with E-state index in [4.69, 9.17) is 0 Å². The highest BCUT2D eigenvalue weighted by atomic mass is 16.2. The number of piperidine rings is 1. The maximum atomic E-state index is 12.4. The lowest BCUT2D eigenvalue weighted by Gasteiger charge is -2.36. The number of rotatable bonds is 5. The van der Waals surface area contributed by atoms with Crippen molar-refractivity contribution in [3.8, 4) is 0 Å². The van der Waals surface area contributed by atoms with Crippen molar-refractivity contribution in [1.29, 1.82) is 0 Å². The normalized spacial score (nSPS) is 19.0. The van der Waals surface area contributed by atoms with Crippen LogP contribution in [0.4, 0.5) is 4.79 Å². The minimum atomic E-state index is 0.0338. The molecule has 1 N–H and O–H groups in total. The Hall–Kier alpha value is -1.59. The lowest BCUT2D eigenvalue weighted by atomic mass is 9.95. The molecule has 1 fully saturated rings. The predicted octanol–water partition coefficient (Wildman–Crippen LogP) is 2.32. The van der Waals surface area contributed by atoms with Gasteiger partial charge in [0.25, 0.3) is 0 Å². The van der Waals surface area contributed by atoms with Crippen molar-refractivity contribution < 1.29 is 4.79 Å². The number of hydrogen-bond donors (Lipinski definition) is 1.